The molecule has 2 aromatic rings. The maximum Gasteiger partial charge on any atom is 0.230 e. The quantitative estimate of drug-likeness (QED) is 0.558. The zero-order valence-corrected chi connectivity index (χ0v) is 14.6. The van der Waals surface area contributed by atoms with Gasteiger partial charge in [-0.05, 0) is 36.4 Å². The molecule has 0 aliphatic heterocycles. The smallest absolute Gasteiger partial charge is 0.230 e. The highest BCUT2D eigenvalue weighted by Crippen LogP contribution is 2.21. The normalized spacial score (nSPS) is 10.1. The first-order chi connectivity index (χ1) is 11.7. The molecule has 0 fully saturated rings. The zero-order valence-electron chi connectivity index (χ0n) is 13.8. The molecule has 0 aliphatic rings. The predicted octanol–water partition coefficient (Wildman–Crippen LogP) is 2.99. The van der Waals surface area contributed by atoms with Gasteiger partial charge in [0, 0.05) is 11.0 Å². The fourth-order valence-corrected chi connectivity index (χ4v) is 2.65. The standard InChI is InChI=1S/C18H21NO4S/c1-21-14-6-8-17(9-7-14)24-13-18(20)19-10-11-23-16-5-3-4-15(12-16)22-2/h3-9,12H,10-11,13H2,1-2H3,(H,19,20). The Morgan fingerprint density at radius 3 is 2.42 bits per heavy atom. The number of thioether (sulfide) groups is 1. The second kappa shape index (κ2) is 9.72. The highest BCUT2D eigenvalue weighted by atomic mass is 32.2. The van der Waals surface area contributed by atoms with Gasteiger partial charge in [-0.25, -0.2) is 0 Å². The minimum Gasteiger partial charge on any atom is -0.497 e. The van der Waals surface area contributed by atoms with E-state index in [1.165, 1.54) is 11.8 Å². The van der Waals surface area contributed by atoms with Crippen molar-refractivity contribution in [3.8, 4) is 17.2 Å². The molecule has 0 atom stereocenters. The Bertz CT molecular complexity index is 646. The molecule has 0 unspecified atom stereocenters. The number of rotatable bonds is 9. The molecule has 128 valence electrons. The van der Waals surface area contributed by atoms with Crippen molar-refractivity contribution in [3.63, 3.8) is 0 Å². The summed E-state index contributed by atoms with van der Waals surface area (Å²) in [5.74, 6) is 2.61. The SMILES string of the molecule is COc1ccc(SCC(=O)NCCOc2cccc(OC)c2)cc1. The lowest BCUT2D eigenvalue weighted by molar-refractivity contribution is -0.118. The van der Waals surface area contributed by atoms with Crippen LogP contribution in [0.15, 0.2) is 53.4 Å². The summed E-state index contributed by atoms with van der Waals surface area (Å²) < 4.78 is 15.8. The van der Waals surface area contributed by atoms with Crippen LogP contribution in [0.25, 0.3) is 0 Å². The number of ether oxygens (including phenoxy) is 3. The fourth-order valence-electron chi connectivity index (χ4n) is 1.92. The fraction of sp³-hybridized carbons (Fsp3) is 0.278. The average Bonchev–Trinajstić information content (AvgIpc) is 2.64. The van der Waals surface area contributed by atoms with E-state index in [1.807, 2.05) is 42.5 Å². The summed E-state index contributed by atoms with van der Waals surface area (Å²) in [5.41, 5.74) is 0. The van der Waals surface area contributed by atoms with Crippen molar-refractivity contribution < 1.29 is 19.0 Å². The zero-order chi connectivity index (χ0) is 17.2. The summed E-state index contributed by atoms with van der Waals surface area (Å²) in [4.78, 5) is 12.8. The van der Waals surface area contributed by atoms with Gasteiger partial charge in [-0.3, -0.25) is 4.79 Å². The summed E-state index contributed by atoms with van der Waals surface area (Å²) in [6.45, 7) is 0.866. The molecule has 1 amide bonds. The lowest BCUT2D eigenvalue weighted by Crippen LogP contribution is -2.29. The van der Waals surface area contributed by atoms with Crippen molar-refractivity contribution >= 4 is 17.7 Å². The van der Waals surface area contributed by atoms with Gasteiger partial charge in [0.05, 0.1) is 26.5 Å². The van der Waals surface area contributed by atoms with E-state index in [-0.39, 0.29) is 5.91 Å². The predicted molar refractivity (Wildman–Crippen MR) is 95.2 cm³/mol. The second-order valence-electron chi connectivity index (χ2n) is 4.84. The number of hydrogen-bond acceptors (Lipinski definition) is 5. The Morgan fingerprint density at radius 2 is 1.71 bits per heavy atom. The van der Waals surface area contributed by atoms with Crippen molar-refractivity contribution in [2.24, 2.45) is 0 Å². The molecule has 0 aliphatic carbocycles. The third-order valence-electron chi connectivity index (χ3n) is 3.16. The molecule has 0 spiro atoms. The van der Waals surface area contributed by atoms with Crippen LogP contribution in [0.5, 0.6) is 17.2 Å². The number of carbonyl (C=O) groups is 1. The van der Waals surface area contributed by atoms with Gasteiger partial charge in [0.25, 0.3) is 0 Å². The number of benzene rings is 2. The first-order valence-corrected chi connectivity index (χ1v) is 8.50. The van der Waals surface area contributed by atoms with Gasteiger partial charge in [0.2, 0.25) is 5.91 Å². The molecule has 5 nitrogen and oxygen atoms in total. The lowest BCUT2D eigenvalue weighted by Gasteiger charge is -2.09. The van der Waals surface area contributed by atoms with E-state index >= 15 is 0 Å². The summed E-state index contributed by atoms with van der Waals surface area (Å²) in [5, 5.41) is 2.83. The van der Waals surface area contributed by atoms with Gasteiger partial charge in [0.1, 0.15) is 23.9 Å². The first-order valence-electron chi connectivity index (χ1n) is 7.51. The summed E-state index contributed by atoms with van der Waals surface area (Å²) >= 11 is 1.48. The Labute approximate surface area is 146 Å². The third-order valence-corrected chi connectivity index (χ3v) is 4.18. The van der Waals surface area contributed by atoms with Crippen LogP contribution in [0.3, 0.4) is 0 Å². The number of hydrogen-bond donors (Lipinski definition) is 1. The largest absolute Gasteiger partial charge is 0.497 e. The number of carbonyl (C=O) groups excluding carboxylic acids is 1. The maximum absolute atomic E-state index is 11.8. The molecule has 0 bridgehead atoms. The molecule has 0 heterocycles. The van der Waals surface area contributed by atoms with E-state index in [0.717, 1.165) is 22.1 Å². The van der Waals surface area contributed by atoms with Gasteiger partial charge >= 0.3 is 0 Å². The number of amides is 1. The van der Waals surface area contributed by atoms with Crippen molar-refractivity contribution in [2.45, 2.75) is 4.90 Å². The molecule has 2 aromatic carbocycles. The Morgan fingerprint density at radius 1 is 1.00 bits per heavy atom. The van der Waals surface area contributed by atoms with Gasteiger partial charge in [-0.2, -0.15) is 0 Å². The van der Waals surface area contributed by atoms with Crippen LogP contribution in [0.4, 0.5) is 0 Å². The highest BCUT2D eigenvalue weighted by Gasteiger charge is 2.03. The van der Waals surface area contributed by atoms with E-state index in [1.54, 1.807) is 20.3 Å². The van der Waals surface area contributed by atoms with E-state index in [2.05, 4.69) is 5.32 Å². The molecule has 0 saturated carbocycles. The molecule has 0 saturated heterocycles. The lowest BCUT2D eigenvalue weighted by atomic mass is 10.3. The van der Waals surface area contributed by atoms with Gasteiger partial charge in [-0.15, -0.1) is 11.8 Å². The van der Waals surface area contributed by atoms with Crippen LogP contribution in [0, 0.1) is 0 Å². The van der Waals surface area contributed by atoms with Crippen molar-refractivity contribution in [1.29, 1.82) is 0 Å². The summed E-state index contributed by atoms with van der Waals surface area (Å²) in [6.07, 6.45) is 0. The molecule has 0 aromatic heterocycles. The topological polar surface area (TPSA) is 56.8 Å². The van der Waals surface area contributed by atoms with Crippen LogP contribution < -0.4 is 19.5 Å². The summed E-state index contributed by atoms with van der Waals surface area (Å²) in [7, 11) is 3.24. The van der Waals surface area contributed by atoms with Crippen LogP contribution in [0.1, 0.15) is 0 Å². The van der Waals surface area contributed by atoms with Crippen LogP contribution in [-0.2, 0) is 4.79 Å². The number of nitrogens with one attached hydrogen (secondary N) is 1. The molecule has 1 N–H and O–H groups in total. The van der Waals surface area contributed by atoms with Gasteiger partial charge < -0.3 is 19.5 Å². The number of methoxy groups -OCH3 is 2. The van der Waals surface area contributed by atoms with Crippen molar-refractivity contribution in [2.75, 3.05) is 33.1 Å². The Balaban J connectivity index is 1.63. The third kappa shape index (κ3) is 6.04. The van der Waals surface area contributed by atoms with Gasteiger partial charge in [0.15, 0.2) is 0 Å². The van der Waals surface area contributed by atoms with Crippen LogP contribution in [0.2, 0.25) is 0 Å². The minimum absolute atomic E-state index is 0.0231. The maximum atomic E-state index is 11.8. The molecule has 2 rings (SSSR count). The summed E-state index contributed by atoms with van der Waals surface area (Å²) in [6, 6.07) is 15.0. The van der Waals surface area contributed by atoms with E-state index in [4.69, 9.17) is 14.2 Å². The average molecular weight is 347 g/mol. The van der Waals surface area contributed by atoms with Crippen LogP contribution in [-0.4, -0.2) is 39.0 Å². The van der Waals surface area contributed by atoms with Crippen molar-refractivity contribution in [1.82, 2.24) is 5.32 Å². The highest BCUT2D eigenvalue weighted by molar-refractivity contribution is 8.00. The Hall–Kier alpha value is -2.34. The van der Waals surface area contributed by atoms with Crippen molar-refractivity contribution in [3.05, 3.63) is 48.5 Å². The first kappa shape index (κ1) is 18.0. The molecule has 24 heavy (non-hydrogen) atoms. The Kier molecular flexibility index (Phi) is 7.29. The minimum atomic E-state index is -0.0231. The second-order valence-corrected chi connectivity index (χ2v) is 5.89. The van der Waals surface area contributed by atoms with E-state index in [9.17, 15) is 4.79 Å². The van der Waals surface area contributed by atoms with E-state index in [0.29, 0.717) is 18.9 Å². The monoisotopic (exact) mass is 347 g/mol. The molecule has 0 radical (unpaired) electrons. The van der Waals surface area contributed by atoms with E-state index < -0.39 is 0 Å². The van der Waals surface area contributed by atoms with Gasteiger partial charge in [-0.1, -0.05) is 6.07 Å². The molecular formula is C18H21NO4S. The molecule has 6 heteroatoms. The molecular weight excluding hydrogens is 326 g/mol. The van der Waals surface area contributed by atoms with Crippen LogP contribution >= 0.6 is 11.8 Å².